The first-order valence-electron chi connectivity index (χ1n) is 8.16. The number of nitro groups is 1. The molecule has 0 radical (unpaired) electrons. The average Bonchev–Trinajstić information content (AvgIpc) is 2.57. The van der Waals surface area contributed by atoms with Gasteiger partial charge in [-0.2, -0.15) is 0 Å². The number of hydrogen-bond donors (Lipinski definition) is 1. The number of methoxy groups -OCH3 is 1. The van der Waals surface area contributed by atoms with E-state index in [0.29, 0.717) is 5.92 Å². The van der Waals surface area contributed by atoms with Crippen molar-refractivity contribution in [3.8, 4) is 5.75 Å². The minimum absolute atomic E-state index is 0.0498. The number of nitro benzene ring substituents is 1. The lowest BCUT2D eigenvalue weighted by molar-refractivity contribution is -0.385. The summed E-state index contributed by atoms with van der Waals surface area (Å²) < 4.78 is 32.9. The predicted octanol–water partition coefficient (Wildman–Crippen LogP) is 2.25. The summed E-state index contributed by atoms with van der Waals surface area (Å²) >= 11 is 0. The van der Waals surface area contributed by atoms with Gasteiger partial charge in [0.05, 0.1) is 18.1 Å². The van der Waals surface area contributed by atoms with Crippen LogP contribution < -0.4 is 9.46 Å². The van der Waals surface area contributed by atoms with E-state index in [1.54, 1.807) is 0 Å². The van der Waals surface area contributed by atoms with Gasteiger partial charge in [0, 0.05) is 18.7 Å². The van der Waals surface area contributed by atoms with Crippen LogP contribution in [0.3, 0.4) is 0 Å². The molecule has 1 N–H and O–H groups in total. The molecule has 0 aliphatic rings. The van der Waals surface area contributed by atoms with E-state index in [1.807, 2.05) is 19.0 Å². The molecule has 0 aromatic heterocycles. The summed E-state index contributed by atoms with van der Waals surface area (Å²) in [4.78, 5) is 12.1. The molecule has 0 saturated carbocycles. The Labute approximate surface area is 149 Å². The van der Waals surface area contributed by atoms with Crippen LogP contribution in [0.15, 0.2) is 23.1 Å². The van der Waals surface area contributed by atoms with Gasteiger partial charge in [0.2, 0.25) is 10.0 Å². The SMILES string of the molecule is CCC(CC)C(CNS(=O)(=O)c1ccc([N+](=O)[O-])cc1OC)N(C)C. The summed E-state index contributed by atoms with van der Waals surface area (Å²) in [5.41, 5.74) is -0.223. The number of ether oxygens (including phenoxy) is 1. The van der Waals surface area contributed by atoms with Crippen molar-refractivity contribution >= 4 is 15.7 Å². The van der Waals surface area contributed by atoms with E-state index in [4.69, 9.17) is 4.74 Å². The third kappa shape index (κ3) is 5.38. The van der Waals surface area contributed by atoms with Crippen molar-refractivity contribution in [3.05, 3.63) is 28.3 Å². The zero-order chi connectivity index (χ0) is 19.2. The van der Waals surface area contributed by atoms with Crippen LogP contribution in [-0.4, -0.2) is 52.0 Å². The standard InChI is InChI=1S/C16H27N3O5S/c1-6-12(7-2)14(18(3)4)11-17-25(22,23)16-9-8-13(19(20)21)10-15(16)24-5/h8-10,12,14,17H,6-7,11H2,1-5H3. The summed E-state index contributed by atoms with van der Waals surface area (Å²) in [5, 5.41) is 10.8. The second-order valence-electron chi connectivity index (χ2n) is 6.05. The van der Waals surface area contributed by atoms with Crippen LogP contribution in [-0.2, 0) is 10.0 Å². The van der Waals surface area contributed by atoms with E-state index >= 15 is 0 Å². The Morgan fingerprint density at radius 1 is 1.28 bits per heavy atom. The highest BCUT2D eigenvalue weighted by atomic mass is 32.2. The highest BCUT2D eigenvalue weighted by molar-refractivity contribution is 7.89. The van der Waals surface area contributed by atoms with Crippen LogP contribution >= 0.6 is 0 Å². The van der Waals surface area contributed by atoms with Crippen molar-refractivity contribution < 1.29 is 18.1 Å². The highest BCUT2D eigenvalue weighted by Gasteiger charge is 2.26. The molecule has 0 saturated heterocycles. The Morgan fingerprint density at radius 3 is 2.32 bits per heavy atom. The summed E-state index contributed by atoms with van der Waals surface area (Å²) in [5.74, 6) is 0.307. The first-order chi connectivity index (χ1) is 11.7. The molecule has 25 heavy (non-hydrogen) atoms. The van der Waals surface area contributed by atoms with Crippen molar-refractivity contribution in [1.82, 2.24) is 9.62 Å². The lowest BCUT2D eigenvalue weighted by Gasteiger charge is -2.31. The van der Waals surface area contributed by atoms with Crippen molar-refractivity contribution in [1.29, 1.82) is 0 Å². The van der Waals surface area contributed by atoms with Crippen LogP contribution in [0, 0.1) is 16.0 Å². The summed E-state index contributed by atoms with van der Waals surface area (Å²) in [7, 11) is 1.28. The molecule has 0 aliphatic carbocycles. The second-order valence-corrected chi connectivity index (χ2v) is 7.79. The molecule has 1 unspecified atom stereocenters. The van der Waals surface area contributed by atoms with Crippen molar-refractivity contribution in [2.75, 3.05) is 27.7 Å². The third-order valence-electron chi connectivity index (χ3n) is 4.39. The predicted molar refractivity (Wildman–Crippen MR) is 96.4 cm³/mol. The first kappa shape index (κ1) is 21.3. The zero-order valence-electron chi connectivity index (χ0n) is 15.4. The van der Waals surface area contributed by atoms with E-state index in [0.717, 1.165) is 25.0 Å². The lowest BCUT2D eigenvalue weighted by Crippen LogP contribution is -2.44. The topological polar surface area (TPSA) is 102 Å². The molecule has 0 aliphatic heterocycles. The van der Waals surface area contributed by atoms with Crippen molar-refractivity contribution in [3.63, 3.8) is 0 Å². The number of likely N-dealkylation sites (N-methyl/N-ethyl adjacent to an activating group) is 1. The van der Waals surface area contributed by atoms with Gasteiger partial charge in [0.15, 0.2) is 0 Å². The molecule has 0 fully saturated rings. The number of nitrogens with zero attached hydrogens (tertiary/aromatic N) is 2. The quantitative estimate of drug-likeness (QED) is 0.498. The molecule has 8 nitrogen and oxygen atoms in total. The minimum atomic E-state index is -3.85. The van der Waals surface area contributed by atoms with E-state index in [-0.39, 0.29) is 28.9 Å². The number of sulfonamides is 1. The van der Waals surface area contributed by atoms with Gasteiger partial charge in [-0.15, -0.1) is 0 Å². The molecular weight excluding hydrogens is 346 g/mol. The van der Waals surface area contributed by atoms with Gasteiger partial charge < -0.3 is 9.64 Å². The number of hydrogen-bond acceptors (Lipinski definition) is 6. The largest absolute Gasteiger partial charge is 0.495 e. The van der Waals surface area contributed by atoms with Crippen LogP contribution in [0.1, 0.15) is 26.7 Å². The number of nitrogens with one attached hydrogen (secondary N) is 1. The molecule has 1 aromatic carbocycles. The smallest absolute Gasteiger partial charge is 0.273 e. The van der Waals surface area contributed by atoms with E-state index < -0.39 is 14.9 Å². The van der Waals surface area contributed by atoms with Gasteiger partial charge in [-0.25, -0.2) is 13.1 Å². The maximum absolute atomic E-state index is 12.6. The van der Waals surface area contributed by atoms with Gasteiger partial charge in [-0.05, 0) is 26.1 Å². The van der Waals surface area contributed by atoms with E-state index in [1.165, 1.54) is 13.2 Å². The van der Waals surface area contributed by atoms with Gasteiger partial charge in [-0.1, -0.05) is 26.7 Å². The third-order valence-corrected chi connectivity index (χ3v) is 5.85. The molecule has 1 rings (SSSR count). The van der Waals surface area contributed by atoms with Crippen LogP contribution in [0.25, 0.3) is 0 Å². The molecule has 0 bridgehead atoms. The van der Waals surface area contributed by atoms with Crippen LogP contribution in [0.4, 0.5) is 5.69 Å². The molecule has 1 atom stereocenters. The second kappa shape index (κ2) is 9.12. The molecule has 0 amide bonds. The maximum Gasteiger partial charge on any atom is 0.273 e. The Bertz CT molecular complexity index is 687. The molecule has 0 heterocycles. The van der Waals surface area contributed by atoms with Crippen LogP contribution in [0.2, 0.25) is 0 Å². The molecule has 9 heteroatoms. The summed E-state index contributed by atoms with van der Waals surface area (Å²) in [6, 6.07) is 3.51. The lowest BCUT2D eigenvalue weighted by atomic mass is 9.93. The minimum Gasteiger partial charge on any atom is -0.495 e. The molecule has 142 valence electrons. The number of non-ortho nitro benzene ring substituents is 1. The van der Waals surface area contributed by atoms with Gasteiger partial charge in [0.1, 0.15) is 10.6 Å². The normalized spacial score (nSPS) is 13.2. The molecule has 0 spiro atoms. The summed E-state index contributed by atoms with van der Waals surface area (Å²) in [6.07, 6.45) is 1.89. The van der Waals surface area contributed by atoms with E-state index in [2.05, 4.69) is 18.6 Å². The van der Waals surface area contributed by atoms with Gasteiger partial charge in [-0.3, -0.25) is 10.1 Å². The first-order valence-corrected chi connectivity index (χ1v) is 9.64. The van der Waals surface area contributed by atoms with Crippen molar-refractivity contribution in [2.45, 2.75) is 37.6 Å². The fraction of sp³-hybridized carbons (Fsp3) is 0.625. The Morgan fingerprint density at radius 2 is 1.88 bits per heavy atom. The average molecular weight is 373 g/mol. The van der Waals surface area contributed by atoms with Crippen molar-refractivity contribution in [2.24, 2.45) is 5.92 Å². The number of rotatable bonds is 10. The van der Waals surface area contributed by atoms with Gasteiger partial charge in [0.25, 0.3) is 5.69 Å². The Kier molecular flexibility index (Phi) is 7.78. The highest BCUT2D eigenvalue weighted by Crippen LogP contribution is 2.28. The fourth-order valence-electron chi connectivity index (χ4n) is 2.87. The monoisotopic (exact) mass is 373 g/mol. The Balaban J connectivity index is 3.07. The molecule has 1 aromatic rings. The maximum atomic E-state index is 12.6. The fourth-order valence-corrected chi connectivity index (χ4v) is 4.07. The Hall–Kier alpha value is -1.71. The zero-order valence-corrected chi connectivity index (χ0v) is 16.2. The van der Waals surface area contributed by atoms with Gasteiger partial charge >= 0.3 is 0 Å². The van der Waals surface area contributed by atoms with E-state index in [9.17, 15) is 18.5 Å². The van der Waals surface area contributed by atoms with Crippen LogP contribution in [0.5, 0.6) is 5.75 Å². The summed E-state index contributed by atoms with van der Waals surface area (Å²) in [6.45, 7) is 4.42. The molecular formula is C16H27N3O5S. The number of benzene rings is 1.